The van der Waals surface area contributed by atoms with Crippen molar-refractivity contribution in [2.75, 3.05) is 6.54 Å². The zero-order valence-electron chi connectivity index (χ0n) is 8.04. The van der Waals surface area contributed by atoms with E-state index in [1.54, 1.807) is 5.51 Å². The molecule has 1 amide bonds. The number of hydrogen-bond acceptors (Lipinski definition) is 3. The Hall–Kier alpha value is -1.34. The van der Waals surface area contributed by atoms with Crippen LogP contribution in [0.1, 0.15) is 28.2 Å². The van der Waals surface area contributed by atoms with E-state index in [4.69, 9.17) is 6.42 Å². The predicted octanol–water partition coefficient (Wildman–Crippen LogP) is 1.59. The van der Waals surface area contributed by atoms with E-state index in [0.717, 1.165) is 12.1 Å². The molecule has 0 unspecified atom stereocenters. The predicted molar refractivity (Wildman–Crippen MR) is 57.3 cm³/mol. The summed E-state index contributed by atoms with van der Waals surface area (Å²) in [6.07, 6.45) is 6.61. The average Bonchev–Trinajstić information content (AvgIpc) is 2.59. The maximum absolute atomic E-state index is 11.5. The molecular formula is C10H12N2OS. The van der Waals surface area contributed by atoms with Crippen LogP contribution in [0.3, 0.4) is 0 Å². The molecule has 74 valence electrons. The molecule has 0 radical (unpaired) electrons. The van der Waals surface area contributed by atoms with Gasteiger partial charge in [-0.1, -0.05) is 0 Å². The van der Waals surface area contributed by atoms with Crippen molar-refractivity contribution in [2.24, 2.45) is 0 Å². The Morgan fingerprint density at radius 3 is 3.14 bits per heavy atom. The Bertz CT molecular complexity index is 351. The zero-order valence-corrected chi connectivity index (χ0v) is 8.86. The lowest BCUT2D eigenvalue weighted by Gasteiger charge is -2.01. The number of amides is 1. The molecule has 1 aromatic heterocycles. The normalized spacial score (nSPS) is 9.43. The second-order valence-electron chi connectivity index (χ2n) is 2.83. The van der Waals surface area contributed by atoms with Gasteiger partial charge in [0.1, 0.15) is 4.88 Å². The molecule has 1 heterocycles. The van der Waals surface area contributed by atoms with E-state index in [2.05, 4.69) is 16.2 Å². The zero-order chi connectivity index (χ0) is 10.4. The fraction of sp³-hybridized carbons (Fsp3) is 0.400. The minimum atomic E-state index is -0.0537. The molecule has 0 fully saturated rings. The fourth-order valence-electron chi connectivity index (χ4n) is 0.992. The van der Waals surface area contributed by atoms with Crippen molar-refractivity contribution in [3.8, 4) is 12.3 Å². The van der Waals surface area contributed by atoms with E-state index < -0.39 is 0 Å². The van der Waals surface area contributed by atoms with E-state index in [0.29, 0.717) is 17.8 Å². The third kappa shape index (κ3) is 2.86. The summed E-state index contributed by atoms with van der Waals surface area (Å²) in [6, 6.07) is 0. The average molecular weight is 208 g/mol. The first-order valence-electron chi connectivity index (χ1n) is 4.37. The number of carbonyl (C=O) groups is 1. The second-order valence-corrected chi connectivity index (χ2v) is 3.69. The maximum Gasteiger partial charge on any atom is 0.263 e. The third-order valence-electron chi connectivity index (χ3n) is 1.74. The van der Waals surface area contributed by atoms with E-state index in [9.17, 15) is 4.79 Å². The molecule has 0 saturated carbocycles. The lowest BCUT2D eigenvalue weighted by molar-refractivity contribution is 0.0956. The maximum atomic E-state index is 11.5. The number of rotatable bonds is 4. The highest BCUT2D eigenvalue weighted by Crippen LogP contribution is 2.11. The highest BCUT2D eigenvalue weighted by atomic mass is 32.1. The largest absolute Gasteiger partial charge is 0.351 e. The first kappa shape index (κ1) is 10.7. The molecule has 0 saturated heterocycles. The quantitative estimate of drug-likeness (QED) is 0.603. The van der Waals surface area contributed by atoms with Gasteiger partial charge in [0.2, 0.25) is 0 Å². The van der Waals surface area contributed by atoms with Crippen LogP contribution in [0.5, 0.6) is 0 Å². The van der Waals surface area contributed by atoms with Gasteiger partial charge in [-0.25, -0.2) is 4.98 Å². The molecule has 1 aromatic rings. The van der Waals surface area contributed by atoms with Crippen LogP contribution in [0.15, 0.2) is 5.51 Å². The summed E-state index contributed by atoms with van der Waals surface area (Å²) < 4.78 is 0. The number of hydrogen-bond donors (Lipinski definition) is 1. The Balaban J connectivity index is 2.37. The number of nitrogens with one attached hydrogen (secondary N) is 1. The highest BCUT2D eigenvalue weighted by Gasteiger charge is 2.09. The van der Waals surface area contributed by atoms with Crippen LogP contribution in [0.4, 0.5) is 0 Å². The molecule has 4 heteroatoms. The Morgan fingerprint density at radius 1 is 1.79 bits per heavy atom. The number of aromatic nitrogens is 1. The standard InChI is InChI=1S/C10H12N2OS/c1-3-4-5-6-11-10(13)9-8(2)12-7-14-9/h1,7H,4-6H2,2H3,(H,11,13). The summed E-state index contributed by atoms with van der Waals surface area (Å²) >= 11 is 1.36. The summed E-state index contributed by atoms with van der Waals surface area (Å²) in [5.41, 5.74) is 2.45. The van der Waals surface area contributed by atoms with Gasteiger partial charge in [0, 0.05) is 13.0 Å². The lowest BCUT2D eigenvalue weighted by Crippen LogP contribution is -2.24. The summed E-state index contributed by atoms with van der Waals surface area (Å²) in [4.78, 5) is 16.2. The monoisotopic (exact) mass is 208 g/mol. The summed E-state index contributed by atoms with van der Waals surface area (Å²) in [7, 11) is 0. The number of unbranched alkanes of at least 4 members (excludes halogenated alkanes) is 1. The molecule has 0 aromatic carbocycles. The molecule has 0 bridgehead atoms. The van der Waals surface area contributed by atoms with Crippen LogP contribution in [0.25, 0.3) is 0 Å². The summed E-state index contributed by atoms with van der Waals surface area (Å²) in [5, 5.41) is 2.80. The molecular weight excluding hydrogens is 196 g/mol. The van der Waals surface area contributed by atoms with Crippen LogP contribution < -0.4 is 5.32 Å². The van der Waals surface area contributed by atoms with Gasteiger partial charge in [0.15, 0.2) is 0 Å². The molecule has 0 aliphatic rings. The van der Waals surface area contributed by atoms with Crippen molar-refractivity contribution in [2.45, 2.75) is 19.8 Å². The number of terminal acetylenes is 1. The third-order valence-corrected chi connectivity index (χ3v) is 2.66. The van der Waals surface area contributed by atoms with Crippen LogP contribution in [-0.2, 0) is 0 Å². The fourth-order valence-corrected chi connectivity index (χ4v) is 1.71. The van der Waals surface area contributed by atoms with Crippen LogP contribution >= 0.6 is 11.3 Å². The van der Waals surface area contributed by atoms with Gasteiger partial charge in [-0.05, 0) is 13.3 Å². The SMILES string of the molecule is C#CCCCNC(=O)c1scnc1C. The smallest absolute Gasteiger partial charge is 0.263 e. The number of carbonyl (C=O) groups excluding carboxylic acids is 1. The molecule has 14 heavy (non-hydrogen) atoms. The van der Waals surface area contributed by atoms with E-state index in [1.165, 1.54) is 11.3 Å². The van der Waals surface area contributed by atoms with Gasteiger partial charge in [0.05, 0.1) is 11.2 Å². The van der Waals surface area contributed by atoms with Gasteiger partial charge in [-0.15, -0.1) is 23.7 Å². The van der Waals surface area contributed by atoms with Crippen molar-refractivity contribution in [3.05, 3.63) is 16.1 Å². The first-order chi connectivity index (χ1) is 6.75. The number of aryl methyl sites for hydroxylation is 1. The van der Waals surface area contributed by atoms with E-state index in [-0.39, 0.29) is 5.91 Å². The Kier molecular flexibility index (Phi) is 4.14. The summed E-state index contributed by atoms with van der Waals surface area (Å²) in [6.45, 7) is 2.45. The van der Waals surface area contributed by atoms with Crippen molar-refractivity contribution in [1.82, 2.24) is 10.3 Å². The summed E-state index contributed by atoms with van der Waals surface area (Å²) in [5.74, 6) is 2.47. The second kappa shape index (κ2) is 5.40. The Morgan fingerprint density at radius 2 is 2.57 bits per heavy atom. The van der Waals surface area contributed by atoms with Crippen LogP contribution in [0.2, 0.25) is 0 Å². The van der Waals surface area contributed by atoms with Gasteiger partial charge >= 0.3 is 0 Å². The van der Waals surface area contributed by atoms with Crippen molar-refractivity contribution >= 4 is 17.2 Å². The van der Waals surface area contributed by atoms with Crippen molar-refractivity contribution in [3.63, 3.8) is 0 Å². The first-order valence-corrected chi connectivity index (χ1v) is 5.25. The number of nitrogens with zero attached hydrogens (tertiary/aromatic N) is 1. The highest BCUT2D eigenvalue weighted by molar-refractivity contribution is 7.11. The molecule has 0 aliphatic carbocycles. The van der Waals surface area contributed by atoms with Gasteiger partial charge in [-0.2, -0.15) is 0 Å². The lowest BCUT2D eigenvalue weighted by atomic mass is 10.3. The molecule has 0 atom stereocenters. The van der Waals surface area contributed by atoms with Crippen LogP contribution in [0, 0.1) is 19.3 Å². The molecule has 1 N–H and O–H groups in total. The Labute approximate surface area is 87.6 Å². The van der Waals surface area contributed by atoms with Gasteiger partial charge < -0.3 is 5.32 Å². The molecule has 3 nitrogen and oxygen atoms in total. The minimum Gasteiger partial charge on any atom is -0.351 e. The van der Waals surface area contributed by atoms with Crippen LogP contribution in [-0.4, -0.2) is 17.4 Å². The molecule has 0 aliphatic heterocycles. The molecule has 0 spiro atoms. The minimum absolute atomic E-state index is 0.0537. The van der Waals surface area contributed by atoms with E-state index >= 15 is 0 Å². The van der Waals surface area contributed by atoms with Crippen molar-refractivity contribution in [1.29, 1.82) is 0 Å². The molecule has 1 rings (SSSR count). The topological polar surface area (TPSA) is 42.0 Å². The van der Waals surface area contributed by atoms with E-state index in [1.807, 2.05) is 6.92 Å². The van der Waals surface area contributed by atoms with Crippen molar-refractivity contribution < 1.29 is 4.79 Å². The van der Waals surface area contributed by atoms with Gasteiger partial charge in [0.25, 0.3) is 5.91 Å². The van der Waals surface area contributed by atoms with Gasteiger partial charge in [-0.3, -0.25) is 4.79 Å². The number of thiazole rings is 1.